The molecule has 30 heavy (non-hydrogen) atoms. The van der Waals surface area contributed by atoms with E-state index >= 15 is 0 Å². The highest BCUT2D eigenvalue weighted by Gasteiger charge is 2.08. The van der Waals surface area contributed by atoms with Gasteiger partial charge in [-0.2, -0.15) is 0 Å². The molecule has 5 N–H and O–H groups in total. The molecular formula is C21H43N3O6. The van der Waals surface area contributed by atoms with E-state index in [2.05, 4.69) is 5.32 Å². The van der Waals surface area contributed by atoms with Gasteiger partial charge >= 0.3 is 0 Å². The molecule has 0 radical (unpaired) electrons. The molecule has 0 bridgehead atoms. The van der Waals surface area contributed by atoms with E-state index in [9.17, 15) is 9.59 Å². The number of carbonyl (C=O) groups is 2. The lowest BCUT2D eigenvalue weighted by molar-refractivity contribution is -0.121. The number of nitrogens with zero attached hydrogens (tertiary/aromatic N) is 2. The molecule has 0 aliphatic rings. The minimum atomic E-state index is -0.0158. The molecule has 0 saturated heterocycles. The Morgan fingerprint density at radius 3 is 1.57 bits per heavy atom. The van der Waals surface area contributed by atoms with Crippen LogP contribution in [0.4, 0.5) is 0 Å². The fraction of sp³-hybridized carbons (Fsp3) is 0.905. The zero-order valence-corrected chi connectivity index (χ0v) is 18.4. The highest BCUT2D eigenvalue weighted by atomic mass is 16.3. The van der Waals surface area contributed by atoms with E-state index < -0.39 is 0 Å². The first kappa shape index (κ1) is 28.9. The van der Waals surface area contributed by atoms with Crippen LogP contribution in [0, 0.1) is 0 Å². The average Bonchev–Trinajstić information content (AvgIpc) is 2.72. The van der Waals surface area contributed by atoms with Gasteiger partial charge in [0.15, 0.2) is 0 Å². The van der Waals surface area contributed by atoms with E-state index in [-0.39, 0.29) is 38.1 Å². The van der Waals surface area contributed by atoms with E-state index in [1.807, 2.05) is 9.80 Å². The van der Waals surface area contributed by atoms with Gasteiger partial charge in [-0.15, -0.1) is 0 Å². The van der Waals surface area contributed by atoms with Gasteiger partial charge in [0.1, 0.15) is 5.78 Å². The number of ketones is 1. The zero-order chi connectivity index (χ0) is 22.5. The molecule has 0 fully saturated rings. The molecule has 0 aliphatic carbocycles. The van der Waals surface area contributed by atoms with Crippen molar-refractivity contribution >= 4 is 11.7 Å². The first-order chi connectivity index (χ1) is 14.6. The summed E-state index contributed by atoms with van der Waals surface area (Å²) in [6, 6.07) is 0. The highest BCUT2D eigenvalue weighted by molar-refractivity contribution is 5.78. The first-order valence-corrected chi connectivity index (χ1v) is 11.2. The van der Waals surface area contributed by atoms with Crippen LogP contribution < -0.4 is 5.32 Å². The monoisotopic (exact) mass is 433 g/mol. The maximum atomic E-state index is 11.9. The van der Waals surface area contributed by atoms with Gasteiger partial charge in [0.05, 0.1) is 26.4 Å². The molecule has 0 unspecified atom stereocenters. The number of hydrogen-bond acceptors (Lipinski definition) is 8. The Bertz CT molecular complexity index is 376. The van der Waals surface area contributed by atoms with Gasteiger partial charge in [-0.05, 0) is 12.8 Å². The second-order valence-corrected chi connectivity index (χ2v) is 7.48. The summed E-state index contributed by atoms with van der Waals surface area (Å²) in [5, 5.41) is 38.7. The normalized spacial score (nSPS) is 11.4. The molecule has 0 aromatic carbocycles. The number of carbonyl (C=O) groups excluding carboxylic acids is 2. The van der Waals surface area contributed by atoms with E-state index in [1.165, 1.54) is 0 Å². The predicted molar refractivity (Wildman–Crippen MR) is 116 cm³/mol. The number of rotatable bonds is 22. The zero-order valence-electron chi connectivity index (χ0n) is 18.4. The molecule has 0 aromatic heterocycles. The van der Waals surface area contributed by atoms with Gasteiger partial charge in [-0.3, -0.25) is 19.4 Å². The molecule has 0 spiro atoms. The maximum Gasteiger partial charge on any atom is 0.221 e. The minimum Gasteiger partial charge on any atom is -0.395 e. The lowest BCUT2D eigenvalue weighted by atomic mass is 10.1. The van der Waals surface area contributed by atoms with Crippen molar-refractivity contribution in [2.45, 2.75) is 51.4 Å². The summed E-state index contributed by atoms with van der Waals surface area (Å²) < 4.78 is 0. The van der Waals surface area contributed by atoms with Gasteiger partial charge in [0.2, 0.25) is 5.91 Å². The standard InChI is InChI=1S/C21H43N3O6/c25-16-12-23(13-17-26)10-7-20(29)6-4-2-1-3-5-9-22-21(30)8-11-24(14-18-27)15-19-28/h25-28H,1-19H2,(H,22,30). The number of hydrogen-bond donors (Lipinski definition) is 5. The minimum absolute atomic E-state index is 0.0130. The maximum absolute atomic E-state index is 11.9. The molecule has 9 heteroatoms. The van der Waals surface area contributed by atoms with Crippen molar-refractivity contribution in [1.82, 2.24) is 15.1 Å². The molecule has 0 rings (SSSR count). The predicted octanol–water partition coefficient (Wildman–Crippen LogP) is -0.634. The molecule has 0 aromatic rings. The van der Waals surface area contributed by atoms with Gasteiger partial charge in [-0.1, -0.05) is 19.3 Å². The van der Waals surface area contributed by atoms with Crippen molar-refractivity contribution in [2.24, 2.45) is 0 Å². The van der Waals surface area contributed by atoms with Crippen LogP contribution in [0.2, 0.25) is 0 Å². The molecule has 1 amide bonds. The van der Waals surface area contributed by atoms with Crippen LogP contribution in [0.3, 0.4) is 0 Å². The Morgan fingerprint density at radius 1 is 0.567 bits per heavy atom. The summed E-state index contributed by atoms with van der Waals surface area (Å²) in [4.78, 5) is 27.5. The van der Waals surface area contributed by atoms with E-state index in [0.29, 0.717) is 65.1 Å². The Kier molecular flexibility index (Phi) is 20.4. The van der Waals surface area contributed by atoms with Crippen molar-refractivity contribution in [3.05, 3.63) is 0 Å². The summed E-state index contributed by atoms with van der Waals surface area (Å²) in [7, 11) is 0. The fourth-order valence-corrected chi connectivity index (χ4v) is 3.20. The largest absolute Gasteiger partial charge is 0.395 e. The van der Waals surface area contributed by atoms with Crippen LogP contribution in [0.5, 0.6) is 0 Å². The fourth-order valence-electron chi connectivity index (χ4n) is 3.20. The SMILES string of the molecule is O=C(CCCCCCCNC(=O)CCN(CCO)CCO)CCN(CCO)CCO. The number of amides is 1. The summed E-state index contributed by atoms with van der Waals surface area (Å²) in [5.74, 6) is 0.206. The van der Waals surface area contributed by atoms with Crippen LogP contribution in [-0.4, -0.2) is 114 Å². The van der Waals surface area contributed by atoms with E-state index in [4.69, 9.17) is 20.4 Å². The van der Waals surface area contributed by atoms with Crippen molar-refractivity contribution in [3.63, 3.8) is 0 Å². The second kappa shape index (κ2) is 21.1. The van der Waals surface area contributed by atoms with Crippen molar-refractivity contribution < 1.29 is 30.0 Å². The lowest BCUT2D eigenvalue weighted by Crippen LogP contribution is -2.34. The van der Waals surface area contributed by atoms with Crippen LogP contribution in [0.25, 0.3) is 0 Å². The molecule has 0 atom stereocenters. The first-order valence-electron chi connectivity index (χ1n) is 11.2. The third kappa shape index (κ3) is 17.7. The molecular weight excluding hydrogens is 390 g/mol. The number of nitrogens with one attached hydrogen (secondary N) is 1. The topological polar surface area (TPSA) is 134 Å². The summed E-state index contributed by atoms with van der Waals surface area (Å²) >= 11 is 0. The number of aliphatic hydroxyl groups is 4. The van der Waals surface area contributed by atoms with Crippen LogP contribution in [0.1, 0.15) is 51.4 Å². The number of unbranched alkanes of at least 4 members (excludes halogenated alkanes) is 4. The smallest absolute Gasteiger partial charge is 0.221 e. The third-order valence-corrected chi connectivity index (χ3v) is 4.98. The van der Waals surface area contributed by atoms with Gasteiger partial charge in [0, 0.05) is 65.1 Å². The number of aliphatic hydroxyl groups excluding tert-OH is 4. The average molecular weight is 434 g/mol. The molecule has 0 saturated carbocycles. The van der Waals surface area contributed by atoms with Gasteiger partial charge in [0.25, 0.3) is 0 Å². The highest BCUT2D eigenvalue weighted by Crippen LogP contribution is 2.07. The molecule has 9 nitrogen and oxygen atoms in total. The summed E-state index contributed by atoms with van der Waals surface area (Å²) in [6.45, 7) is 3.71. The second-order valence-electron chi connectivity index (χ2n) is 7.48. The Labute approximate surface area is 181 Å². The van der Waals surface area contributed by atoms with Crippen molar-refractivity contribution in [2.75, 3.05) is 72.2 Å². The molecule has 0 heterocycles. The third-order valence-electron chi connectivity index (χ3n) is 4.98. The molecule has 178 valence electrons. The quantitative estimate of drug-likeness (QED) is 0.143. The van der Waals surface area contributed by atoms with Gasteiger partial charge in [-0.25, -0.2) is 0 Å². The van der Waals surface area contributed by atoms with E-state index in [1.54, 1.807) is 0 Å². The van der Waals surface area contributed by atoms with Crippen molar-refractivity contribution in [1.29, 1.82) is 0 Å². The number of Topliss-reactive ketones (excluding diaryl/α,β-unsaturated/α-hetero) is 1. The van der Waals surface area contributed by atoms with Gasteiger partial charge < -0.3 is 25.7 Å². The Balaban J connectivity index is 3.60. The summed E-state index contributed by atoms with van der Waals surface area (Å²) in [6.07, 6.45) is 6.21. The Hall–Kier alpha value is -1.10. The van der Waals surface area contributed by atoms with Crippen LogP contribution in [-0.2, 0) is 9.59 Å². The lowest BCUT2D eigenvalue weighted by Gasteiger charge is -2.19. The Morgan fingerprint density at radius 2 is 1.03 bits per heavy atom. The van der Waals surface area contributed by atoms with Crippen LogP contribution >= 0.6 is 0 Å². The molecule has 0 aliphatic heterocycles. The van der Waals surface area contributed by atoms with Crippen molar-refractivity contribution in [3.8, 4) is 0 Å². The summed E-state index contributed by atoms with van der Waals surface area (Å²) in [5.41, 5.74) is 0. The van der Waals surface area contributed by atoms with Crippen LogP contribution in [0.15, 0.2) is 0 Å². The van der Waals surface area contributed by atoms with E-state index in [0.717, 1.165) is 32.1 Å².